The fourth-order valence-electron chi connectivity index (χ4n) is 4.06. The van der Waals surface area contributed by atoms with E-state index in [2.05, 4.69) is 19.9 Å². The summed E-state index contributed by atoms with van der Waals surface area (Å²) in [6.45, 7) is 4.83. The molecule has 0 amide bonds. The van der Waals surface area contributed by atoms with Crippen LogP contribution in [0, 0.1) is 6.92 Å². The highest BCUT2D eigenvalue weighted by Gasteiger charge is 2.43. The molecule has 2 aromatic rings. The molecule has 1 fully saturated rings. The number of hydrogen-bond acceptors (Lipinski definition) is 5. The van der Waals surface area contributed by atoms with Crippen LogP contribution in [0.25, 0.3) is 0 Å². The topological polar surface area (TPSA) is 74.8 Å². The molecule has 2 aliphatic rings. The van der Waals surface area contributed by atoms with Crippen molar-refractivity contribution in [3.63, 3.8) is 0 Å². The Morgan fingerprint density at radius 3 is 2.70 bits per heavy atom. The highest BCUT2D eigenvalue weighted by molar-refractivity contribution is 5.33. The van der Waals surface area contributed by atoms with Crippen molar-refractivity contribution >= 4 is 0 Å². The van der Waals surface area contributed by atoms with Crippen molar-refractivity contribution in [1.82, 2.24) is 24.8 Å². The standard InChI is InChI=1S/C17H21N5O/c1-12-20-15-14(16(23)21-12)2-3-17(15)4-6-22(7-5-17)10-13-8-18-11-19-9-13/h8-9,11H,2-7,10H2,1H3,(H,20,21,23). The Kier molecular flexibility index (Phi) is 3.49. The molecule has 23 heavy (non-hydrogen) atoms. The fourth-order valence-corrected chi connectivity index (χ4v) is 4.06. The zero-order valence-corrected chi connectivity index (χ0v) is 13.4. The van der Waals surface area contributed by atoms with Crippen molar-refractivity contribution in [3.05, 3.63) is 51.7 Å². The van der Waals surface area contributed by atoms with E-state index in [-0.39, 0.29) is 11.0 Å². The molecule has 1 aliphatic carbocycles. The van der Waals surface area contributed by atoms with Crippen LogP contribution in [0.1, 0.15) is 41.9 Å². The normalized spacial score (nSPS) is 19.9. The molecular formula is C17H21N5O. The van der Waals surface area contributed by atoms with Crippen LogP contribution in [0.15, 0.2) is 23.5 Å². The molecule has 2 aromatic heterocycles. The van der Waals surface area contributed by atoms with Gasteiger partial charge in [-0.25, -0.2) is 15.0 Å². The van der Waals surface area contributed by atoms with Gasteiger partial charge >= 0.3 is 0 Å². The summed E-state index contributed by atoms with van der Waals surface area (Å²) >= 11 is 0. The number of likely N-dealkylation sites (tertiary alicyclic amines) is 1. The number of nitrogens with one attached hydrogen (secondary N) is 1. The third-order valence-electron chi connectivity index (χ3n) is 5.32. The van der Waals surface area contributed by atoms with Gasteiger partial charge in [0.1, 0.15) is 12.2 Å². The van der Waals surface area contributed by atoms with E-state index in [1.54, 1.807) is 6.33 Å². The first kappa shape index (κ1) is 14.5. The molecular weight excluding hydrogens is 290 g/mol. The Bertz CT molecular complexity index is 762. The molecule has 6 nitrogen and oxygen atoms in total. The molecule has 1 spiro atoms. The van der Waals surface area contributed by atoms with E-state index < -0.39 is 0 Å². The molecule has 0 atom stereocenters. The van der Waals surface area contributed by atoms with Crippen LogP contribution in [-0.4, -0.2) is 37.9 Å². The summed E-state index contributed by atoms with van der Waals surface area (Å²) in [5.41, 5.74) is 3.31. The zero-order valence-electron chi connectivity index (χ0n) is 13.4. The van der Waals surface area contributed by atoms with E-state index in [1.807, 2.05) is 19.3 Å². The highest BCUT2D eigenvalue weighted by Crippen LogP contribution is 2.44. The minimum absolute atomic E-state index is 0.0632. The molecule has 0 radical (unpaired) electrons. The maximum absolute atomic E-state index is 12.1. The lowest BCUT2D eigenvalue weighted by atomic mass is 9.76. The molecule has 120 valence electrons. The van der Waals surface area contributed by atoms with Gasteiger partial charge in [-0.15, -0.1) is 0 Å². The van der Waals surface area contributed by atoms with Gasteiger partial charge in [-0.05, 0) is 45.7 Å². The number of hydrogen-bond donors (Lipinski definition) is 1. The van der Waals surface area contributed by atoms with Crippen LogP contribution in [0.3, 0.4) is 0 Å². The Hall–Kier alpha value is -2.08. The monoisotopic (exact) mass is 311 g/mol. The van der Waals surface area contributed by atoms with Crippen molar-refractivity contribution in [1.29, 1.82) is 0 Å². The average Bonchev–Trinajstić information content (AvgIpc) is 2.90. The molecule has 0 saturated carbocycles. The fraction of sp³-hybridized carbons (Fsp3) is 0.529. The van der Waals surface area contributed by atoms with Gasteiger partial charge < -0.3 is 4.98 Å². The van der Waals surface area contributed by atoms with Gasteiger partial charge in [0.2, 0.25) is 0 Å². The lowest BCUT2D eigenvalue weighted by Gasteiger charge is -2.39. The average molecular weight is 311 g/mol. The largest absolute Gasteiger partial charge is 0.311 e. The lowest BCUT2D eigenvalue weighted by Crippen LogP contribution is -2.41. The molecule has 1 N–H and O–H groups in total. The SMILES string of the molecule is Cc1nc2c(c(=O)[nH]1)CCC21CCN(Cc2cncnc2)CC1. The lowest BCUT2D eigenvalue weighted by molar-refractivity contribution is 0.149. The van der Waals surface area contributed by atoms with Crippen LogP contribution in [0.5, 0.6) is 0 Å². The Morgan fingerprint density at radius 1 is 1.22 bits per heavy atom. The van der Waals surface area contributed by atoms with Crippen LogP contribution in [0.4, 0.5) is 0 Å². The molecule has 4 rings (SSSR count). The zero-order chi connectivity index (χ0) is 15.9. The van der Waals surface area contributed by atoms with Gasteiger partial charge in [-0.3, -0.25) is 9.69 Å². The summed E-state index contributed by atoms with van der Waals surface area (Å²) in [7, 11) is 0. The Labute approximate surface area is 135 Å². The van der Waals surface area contributed by atoms with Gasteiger partial charge in [-0.2, -0.15) is 0 Å². The van der Waals surface area contributed by atoms with E-state index >= 15 is 0 Å². The summed E-state index contributed by atoms with van der Waals surface area (Å²) < 4.78 is 0. The van der Waals surface area contributed by atoms with Crippen molar-refractivity contribution in [3.8, 4) is 0 Å². The van der Waals surface area contributed by atoms with E-state index in [4.69, 9.17) is 4.98 Å². The number of aryl methyl sites for hydroxylation is 1. The third kappa shape index (κ3) is 2.57. The molecule has 3 heterocycles. The second-order valence-corrected chi connectivity index (χ2v) is 6.78. The van der Waals surface area contributed by atoms with Gasteiger partial charge in [0.05, 0.1) is 5.69 Å². The second kappa shape index (κ2) is 5.53. The van der Waals surface area contributed by atoms with Crippen LogP contribution in [-0.2, 0) is 18.4 Å². The van der Waals surface area contributed by atoms with Crippen LogP contribution in [0.2, 0.25) is 0 Å². The number of aromatic nitrogens is 4. The minimum Gasteiger partial charge on any atom is -0.311 e. The molecule has 1 aliphatic heterocycles. The Morgan fingerprint density at radius 2 is 1.96 bits per heavy atom. The van der Waals surface area contributed by atoms with Crippen molar-refractivity contribution < 1.29 is 0 Å². The predicted octanol–water partition coefficient (Wildman–Crippen LogP) is 1.35. The maximum atomic E-state index is 12.1. The molecule has 0 unspecified atom stereocenters. The van der Waals surface area contributed by atoms with Gasteiger partial charge in [0.25, 0.3) is 5.56 Å². The van der Waals surface area contributed by atoms with Crippen LogP contribution >= 0.6 is 0 Å². The minimum atomic E-state index is 0.0632. The highest BCUT2D eigenvalue weighted by atomic mass is 16.1. The van der Waals surface area contributed by atoms with Crippen molar-refractivity contribution in [2.75, 3.05) is 13.1 Å². The number of aromatic amines is 1. The van der Waals surface area contributed by atoms with E-state index in [0.717, 1.165) is 68.0 Å². The van der Waals surface area contributed by atoms with Crippen molar-refractivity contribution in [2.24, 2.45) is 0 Å². The number of rotatable bonds is 2. The van der Waals surface area contributed by atoms with Crippen molar-refractivity contribution in [2.45, 2.75) is 44.6 Å². The second-order valence-electron chi connectivity index (χ2n) is 6.78. The first-order valence-electron chi connectivity index (χ1n) is 8.23. The van der Waals surface area contributed by atoms with E-state index in [1.165, 1.54) is 0 Å². The Balaban J connectivity index is 1.52. The number of fused-ring (bicyclic) bond motifs is 2. The van der Waals surface area contributed by atoms with Crippen LogP contribution < -0.4 is 5.56 Å². The van der Waals surface area contributed by atoms with E-state index in [0.29, 0.717) is 0 Å². The smallest absolute Gasteiger partial charge is 0.254 e. The number of nitrogens with zero attached hydrogens (tertiary/aromatic N) is 4. The first-order chi connectivity index (χ1) is 11.2. The predicted molar refractivity (Wildman–Crippen MR) is 86.1 cm³/mol. The summed E-state index contributed by atoms with van der Waals surface area (Å²) in [4.78, 5) is 30.3. The molecule has 6 heteroatoms. The third-order valence-corrected chi connectivity index (χ3v) is 5.32. The summed E-state index contributed by atoms with van der Waals surface area (Å²) in [6, 6.07) is 0. The van der Waals surface area contributed by atoms with Gasteiger partial charge in [0.15, 0.2) is 0 Å². The van der Waals surface area contributed by atoms with Gasteiger partial charge in [0, 0.05) is 35.5 Å². The summed E-state index contributed by atoms with van der Waals surface area (Å²) in [5, 5.41) is 0. The number of H-pyrrole nitrogens is 1. The maximum Gasteiger partial charge on any atom is 0.254 e. The molecule has 0 bridgehead atoms. The summed E-state index contributed by atoms with van der Waals surface area (Å²) in [5.74, 6) is 0.735. The van der Waals surface area contributed by atoms with Gasteiger partial charge in [-0.1, -0.05) is 0 Å². The summed E-state index contributed by atoms with van der Waals surface area (Å²) in [6.07, 6.45) is 9.40. The van der Waals surface area contributed by atoms with E-state index in [9.17, 15) is 4.79 Å². The quantitative estimate of drug-likeness (QED) is 0.906. The molecule has 1 saturated heterocycles. The number of piperidine rings is 1. The molecule has 0 aromatic carbocycles. The first-order valence-corrected chi connectivity index (χ1v) is 8.23.